The van der Waals surface area contributed by atoms with Gasteiger partial charge in [-0.2, -0.15) is 0 Å². The lowest BCUT2D eigenvalue weighted by Gasteiger charge is -2.24. The van der Waals surface area contributed by atoms with E-state index in [1.54, 1.807) is 0 Å². The fraction of sp³-hybridized carbons (Fsp3) is 0.333. The van der Waals surface area contributed by atoms with E-state index in [2.05, 4.69) is 39.1 Å². The standard InChI is InChI=1S/C15H16ClN3S/c1-20-15-17-13(16)10-14(18-15)19-9-5-4-7-11-6-2-3-8-12(11)19/h2-3,6,8,10H,4-5,7,9H2,1H3. The molecule has 5 heteroatoms. The number of halogens is 1. The summed E-state index contributed by atoms with van der Waals surface area (Å²) in [6.45, 7) is 0.970. The third-order valence-corrected chi connectivity index (χ3v) is 4.22. The van der Waals surface area contributed by atoms with Crippen molar-refractivity contribution in [1.29, 1.82) is 0 Å². The van der Waals surface area contributed by atoms with E-state index in [-0.39, 0.29) is 0 Å². The summed E-state index contributed by atoms with van der Waals surface area (Å²) in [5.74, 6) is 0.892. The number of fused-ring (bicyclic) bond motifs is 1. The van der Waals surface area contributed by atoms with Crippen LogP contribution in [0.15, 0.2) is 35.5 Å². The van der Waals surface area contributed by atoms with Crippen LogP contribution in [0.5, 0.6) is 0 Å². The number of hydrogen-bond donors (Lipinski definition) is 0. The Morgan fingerprint density at radius 1 is 1.20 bits per heavy atom. The van der Waals surface area contributed by atoms with E-state index < -0.39 is 0 Å². The predicted molar refractivity (Wildman–Crippen MR) is 85.2 cm³/mol. The molecular formula is C15H16ClN3S. The number of aromatic nitrogens is 2. The largest absolute Gasteiger partial charge is 0.326 e. The Labute approximate surface area is 128 Å². The Balaban J connectivity index is 2.07. The molecule has 0 radical (unpaired) electrons. The van der Waals surface area contributed by atoms with Gasteiger partial charge in [-0.3, -0.25) is 0 Å². The third-order valence-electron chi connectivity index (χ3n) is 3.48. The van der Waals surface area contributed by atoms with Crippen molar-refractivity contribution in [3.05, 3.63) is 41.0 Å². The van der Waals surface area contributed by atoms with Gasteiger partial charge in [0.15, 0.2) is 5.16 Å². The van der Waals surface area contributed by atoms with E-state index in [1.807, 2.05) is 12.3 Å². The number of benzene rings is 1. The summed E-state index contributed by atoms with van der Waals surface area (Å²) in [4.78, 5) is 11.1. The molecule has 0 aliphatic carbocycles. The number of hydrogen-bond acceptors (Lipinski definition) is 4. The van der Waals surface area contributed by atoms with Gasteiger partial charge in [0, 0.05) is 18.3 Å². The Kier molecular flexibility index (Phi) is 4.13. The van der Waals surface area contributed by atoms with Crippen LogP contribution in [-0.2, 0) is 6.42 Å². The van der Waals surface area contributed by atoms with Crippen LogP contribution in [0.25, 0.3) is 0 Å². The van der Waals surface area contributed by atoms with Crippen molar-refractivity contribution in [2.24, 2.45) is 0 Å². The summed E-state index contributed by atoms with van der Waals surface area (Å²) in [6.07, 6.45) is 5.46. The maximum Gasteiger partial charge on any atom is 0.190 e. The quantitative estimate of drug-likeness (QED) is 0.469. The molecule has 104 valence electrons. The summed E-state index contributed by atoms with van der Waals surface area (Å²) in [5, 5.41) is 1.22. The molecular weight excluding hydrogens is 290 g/mol. The fourth-order valence-electron chi connectivity index (χ4n) is 2.54. The number of para-hydroxylation sites is 1. The molecule has 1 aliphatic heterocycles. The third kappa shape index (κ3) is 2.76. The number of rotatable bonds is 2. The topological polar surface area (TPSA) is 29.0 Å². The molecule has 1 aromatic heterocycles. The van der Waals surface area contributed by atoms with Crippen LogP contribution in [0.4, 0.5) is 11.5 Å². The molecule has 0 atom stereocenters. The molecule has 0 N–H and O–H groups in total. The van der Waals surface area contributed by atoms with Crippen molar-refractivity contribution in [3.63, 3.8) is 0 Å². The van der Waals surface area contributed by atoms with E-state index in [0.29, 0.717) is 10.3 Å². The van der Waals surface area contributed by atoms with Crippen molar-refractivity contribution in [2.75, 3.05) is 17.7 Å². The highest BCUT2D eigenvalue weighted by molar-refractivity contribution is 7.98. The van der Waals surface area contributed by atoms with Gasteiger partial charge in [0.05, 0.1) is 0 Å². The van der Waals surface area contributed by atoms with Gasteiger partial charge in [-0.25, -0.2) is 9.97 Å². The lowest BCUT2D eigenvalue weighted by atomic mass is 10.1. The van der Waals surface area contributed by atoms with Crippen molar-refractivity contribution >= 4 is 34.9 Å². The summed E-state index contributed by atoms with van der Waals surface area (Å²) in [6, 6.07) is 10.4. The molecule has 1 aromatic carbocycles. The van der Waals surface area contributed by atoms with E-state index >= 15 is 0 Å². The highest BCUT2D eigenvalue weighted by Crippen LogP contribution is 2.32. The number of anilines is 2. The van der Waals surface area contributed by atoms with E-state index in [4.69, 9.17) is 11.6 Å². The van der Waals surface area contributed by atoms with Gasteiger partial charge in [0.2, 0.25) is 0 Å². The van der Waals surface area contributed by atoms with Crippen molar-refractivity contribution in [1.82, 2.24) is 9.97 Å². The molecule has 2 heterocycles. The van der Waals surface area contributed by atoms with Crippen molar-refractivity contribution < 1.29 is 0 Å². The molecule has 2 aromatic rings. The molecule has 0 fully saturated rings. The molecule has 0 spiro atoms. The van der Waals surface area contributed by atoms with Crippen LogP contribution in [-0.4, -0.2) is 22.8 Å². The first-order valence-corrected chi connectivity index (χ1v) is 8.32. The second-order valence-corrected chi connectivity index (χ2v) is 5.93. The number of aryl methyl sites for hydroxylation is 1. The molecule has 0 saturated heterocycles. The molecule has 3 nitrogen and oxygen atoms in total. The minimum atomic E-state index is 0.501. The highest BCUT2D eigenvalue weighted by Gasteiger charge is 2.18. The van der Waals surface area contributed by atoms with E-state index in [1.165, 1.54) is 29.4 Å². The van der Waals surface area contributed by atoms with E-state index in [9.17, 15) is 0 Å². The Hall–Kier alpha value is -1.26. The monoisotopic (exact) mass is 305 g/mol. The zero-order valence-corrected chi connectivity index (χ0v) is 12.9. The van der Waals surface area contributed by atoms with Gasteiger partial charge in [0.25, 0.3) is 0 Å². The van der Waals surface area contributed by atoms with Crippen LogP contribution in [0.3, 0.4) is 0 Å². The molecule has 1 aliphatic rings. The van der Waals surface area contributed by atoms with Gasteiger partial charge in [-0.15, -0.1) is 0 Å². The lowest BCUT2D eigenvalue weighted by molar-refractivity contribution is 0.754. The first kappa shape index (κ1) is 13.7. The summed E-state index contributed by atoms with van der Waals surface area (Å²) < 4.78 is 0. The first-order valence-electron chi connectivity index (χ1n) is 6.72. The second kappa shape index (κ2) is 6.02. The minimum absolute atomic E-state index is 0.501. The summed E-state index contributed by atoms with van der Waals surface area (Å²) >= 11 is 7.64. The van der Waals surface area contributed by atoms with Crippen LogP contribution in [0, 0.1) is 0 Å². The van der Waals surface area contributed by atoms with Crippen molar-refractivity contribution in [2.45, 2.75) is 24.4 Å². The molecule has 0 bridgehead atoms. The zero-order valence-electron chi connectivity index (χ0n) is 11.3. The normalized spacial score (nSPS) is 14.8. The number of thioether (sulfide) groups is 1. The molecule has 0 amide bonds. The van der Waals surface area contributed by atoms with Gasteiger partial charge in [-0.1, -0.05) is 41.6 Å². The second-order valence-electron chi connectivity index (χ2n) is 4.77. The summed E-state index contributed by atoms with van der Waals surface area (Å²) in [5.41, 5.74) is 2.62. The highest BCUT2D eigenvalue weighted by atomic mass is 35.5. The Morgan fingerprint density at radius 2 is 2.05 bits per heavy atom. The molecule has 0 unspecified atom stereocenters. The van der Waals surface area contributed by atoms with Crippen molar-refractivity contribution in [3.8, 4) is 0 Å². The van der Waals surface area contributed by atoms with Gasteiger partial charge < -0.3 is 4.90 Å². The van der Waals surface area contributed by atoms with Crippen LogP contribution in [0.1, 0.15) is 18.4 Å². The average Bonchev–Trinajstić information content (AvgIpc) is 2.69. The molecule has 20 heavy (non-hydrogen) atoms. The van der Waals surface area contributed by atoms with Gasteiger partial charge in [-0.05, 0) is 37.1 Å². The van der Waals surface area contributed by atoms with Crippen LogP contribution < -0.4 is 4.90 Å². The Morgan fingerprint density at radius 3 is 2.90 bits per heavy atom. The van der Waals surface area contributed by atoms with Crippen LogP contribution in [0.2, 0.25) is 5.15 Å². The number of nitrogens with zero attached hydrogens (tertiary/aromatic N) is 3. The van der Waals surface area contributed by atoms with Crippen LogP contribution >= 0.6 is 23.4 Å². The van der Waals surface area contributed by atoms with E-state index in [0.717, 1.165) is 25.2 Å². The zero-order chi connectivity index (χ0) is 13.9. The first-order chi connectivity index (χ1) is 9.78. The predicted octanol–water partition coefficient (Wildman–Crippen LogP) is 4.33. The molecule has 3 rings (SSSR count). The maximum absolute atomic E-state index is 6.12. The Bertz CT molecular complexity index is 618. The van der Waals surface area contributed by atoms with Gasteiger partial charge >= 0.3 is 0 Å². The SMILES string of the molecule is CSc1nc(Cl)cc(N2CCCCc3ccccc32)n1. The molecule has 0 saturated carbocycles. The minimum Gasteiger partial charge on any atom is -0.326 e. The lowest BCUT2D eigenvalue weighted by Crippen LogP contribution is -2.19. The fourth-order valence-corrected chi connectivity index (χ4v) is 3.15. The average molecular weight is 306 g/mol. The smallest absolute Gasteiger partial charge is 0.190 e. The van der Waals surface area contributed by atoms with Gasteiger partial charge in [0.1, 0.15) is 11.0 Å². The maximum atomic E-state index is 6.12. The summed E-state index contributed by atoms with van der Waals surface area (Å²) in [7, 11) is 0.